The first-order valence-corrected chi connectivity index (χ1v) is 6.94. The molecule has 1 aromatic heterocycles. The van der Waals surface area contributed by atoms with E-state index in [0.29, 0.717) is 22.5 Å². The third-order valence-corrected chi connectivity index (χ3v) is 3.15. The van der Waals surface area contributed by atoms with Crippen molar-refractivity contribution in [2.75, 3.05) is 0 Å². The topological polar surface area (TPSA) is 39.4 Å². The molecule has 0 spiro atoms. The van der Waals surface area contributed by atoms with Gasteiger partial charge in [0.15, 0.2) is 5.43 Å². The predicted molar refractivity (Wildman–Crippen MR) is 83.7 cm³/mol. The normalized spacial score (nSPS) is 11.0. The molecular formula is C18H16O3. The molecule has 21 heavy (non-hydrogen) atoms. The van der Waals surface area contributed by atoms with E-state index in [4.69, 9.17) is 9.15 Å². The number of ether oxygens (including phenoxy) is 1. The minimum Gasteiger partial charge on any atom is -0.490 e. The summed E-state index contributed by atoms with van der Waals surface area (Å²) >= 11 is 0. The average molecular weight is 280 g/mol. The largest absolute Gasteiger partial charge is 0.490 e. The van der Waals surface area contributed by atoms with E-state index in [-0.39, 0.29) is 11.5 Å². The predicted octanol–water partition coefficient (Wildman–Crippen LogP) is 4.25. The maximum atomic E-state index is 12.2. The molecule has 3 aromatic rings. The Bertz CT molecular complexity index is 831. The first kappa shape index (κ1) is 13.4. The van der Waals surface area contributed by atoms with Crippen LogP contribution in [0.25, 0.3) is 22.3 Å². The van der Waals surface area contributed by atoms with E-state index in [2.05, 4.69) is 0 Å². The highest BCUT2D eigenvalue weighted by atomic mass is 16.5. The van der Waals surface area contributed by atoms with E-state index in [1.54, 1.807) is 12.1 Å². The Hall–Kier alpha value is -2.55. The molecule has 0 bridgehead atoms. The van der Waals surface area contributed by atoms with Gasteiger partial charge in [0, 0.05) is 6.07 Å². The zero-order valence-electron chi connectivity index (χ0n) is 12.0. The van der Waals surface area contributed by atoms with Crippen LogP contribution in [0.5, 0.6) is 5.75 Å². The first-order valence-electron chi connectivity index (χ1n) is 6.94. The van der Waals surface area contributed by atoms with Gasteiger partial charge in [-0.1, -0.05) is 24.3 Å². The Balaban J connectivity index is 2.19. The zero-order chi connectivity index (χ0) is 14.8. The molecule has 0 amide bonds. The molecular weight excluding hydrogens is 264 g/mol. The standard InChI is InChI=1S/C18H16O3/c1-12(2)20-17-10-6-4-8-14(17)18-11-15(19)13-7-3-5-9-16(13)21-18/h3-12H,1-2H3. The lowest BCUT2D eigenvalue weighted by molar-refractivity contribution is 0.243. The van der Waals surface area contributed by atoms with Crippen LogP contribution in [-0.2, 0) is 0 Å². The molecule has 0 aliphatic rings. The lowest BCUT2D eigenvalue weighted by Crippen LogP contribution is -2.07. The van der Waals surface area contributed by atoms with Crippen molar-refractivity contribution in [2.45, 2.75) is 20.0 Å². The molecule has 1 heterocycles. The Labute approximate surface area is 122 Å². The van der Waals surface area contributed by atoms with E-state index in [1.165, 1.54) is 6.07 Å². The third kappa shape index (κ3) is 2.68. The maximum Gasteiger partial charge on any atom is 0.193 e. The average Bonchev–Trinajstić information content (AvgIpc) is 2.47. The molecule has 0 saturated heterocycles. The fraction of sp³-hybridized carbons (Fsp3) is 0.167. The molecule has 0 aliphatic carbocycles. The van der Waals surface area contributed by atoms with Crippen molar-refractivity contribution in [1.29, 1.82) is 0 Å². The van der Waals surface area contributed by atoms with Crippen molar-refractivity contribution in [2.24, 2.45) is 0 Å². The van der Waals surface area contributed by atoms with Gasteiger partial charge in [-0.05, 0) is 38.1 Å². The van der Waals surface area contributed by atoms with Crippen LogP contribution in [0, 0.1) is 0 Å². The van der Waals surface area contributed by atoms with E-state index in [9.17, 15) is 4.79 Å². The molecule has 0 aliphatic heterocycles. The van der Waals surface area contributed by atoms with Gasteiger partial charge in [-0.15, -0.1) is 0 Å². The third-order valence-electron chi connectivity index (χ3n) is 3.15. The minimum absolute atomic E-state index is 0.0498. The molecule has 106 valence electrons. The van der Waals surface area contributed by atoms with Gasteiger partial charge >= 0.3 is 0 Å². The number of benzene rings is 2. The van der Waals surface area contributed by atoms with Crippen molar-refractivity contribution in [3.8, 4) is 17.1 Å². The number of hydrogen-bond acceptors (Lipinski definition) is 3. The van der Waals surface area contributed by atoms with Crippen LogP contribution >= 0.6 is 0 Å². The van der Waals surface area contributed by atoms with Crippen molar-refractivity contribution < 1.29 is 9.15 Å². The quantitative estimate of drug-likeness (QED) is 0.720. The number of hydrogen-bond donors (Lipinski definition) is 0. The highest BCUT2D eigenvalue weighted by molar-refractivity contribution is 5.79. The summed E-state index contributed by atoms with van der Waals surface area (Å²) in [5.41, 5.74) is 1.32. The van der Waals surface area contributed by atoms with E-state index >= 15 is 0 Å². The molecule has 0 fully saturated rings. The van der Waals surface area contributed by atoms with Crippen LogP contribution in [-0.4, -0.2) is 6.10 Å². The summed E-state index contributed by atoms with van der Waals surface area (Å²) in [7, 11) is 0. The smallest absolute Gasteiger partial charge is 0.193 e. The Morgan fingerprint density at radius 1 is 1.00 bits per heavy atom. The van der Waals surface area contributed by atoms with Gasteiger partial charge in [0.1, 0.15) is 17.1 Å². The molecule has 0 atom stereocenters. The molecule has 2 aromatic carbocycles. The Morgan fingerprint density at radius 3 is 2.52 bits per heavy atom. The van der Waals surface area contributed by atoms with Crippen LogP contribution in [0.1, 0.15) is 13.8 Å². The number of para-hydroxylation sites is 2. The van der Waals surface area contributed by atoms with Gasteiger partial charge in [-0.2, -0.15) is 0 Å². The summed E-state index contributed by atoms with van der Waals surface area (Å²) in [6.45, 7) is 3.93. The molecule has 0 N–H and O–H groups in total. The molecule has 3 rings (SSSR count). The summed E-state index contributed by atoms with van der Waals surface area (Å²) in [4.78, 5) is 12.2. The number of rotatable bonds is 3. The fourth-order valence-corrected chi connectivity index (χ4v) is 2.26. The summed E-state index contributed by atoms with van der Waals surface area (Å²) in [6.07, 6.45) is 0.0540. The van der Waals surface area contributed by atoms with Gasteiger partial charge in [-0.25, -0.2) is 0 Å². The first-order chi connectivity index (χ1) is 10.1. The summed E-state index contributed by atoms with van der Waals surface area (Å²) < 4.78 is 11.7. The second-order valence-electron chi connectivity index (χ2n) is 5.13. The van der Waals surface area contributed by atoms with Crippen molar-refractivity contribution in [3.63, 3.8) is 0 Å². The summed E-state index contributed by atoms with van der Waals surface area (Å²) in [5, 5.41) is 0.587. The van der Waals surface area contributed by atoms with Gasteiger partial charge in [0.25, 0.3) is 0 Å². The monoisotopic (exact) mass is 280 g/mol. The van der Waals surface area contributed by atoms with Crippen LogP contribution < -0.4 is 10.2 Å². The zero-order valence-corrected chi connectivity index (χ0v) is 12.0. The Kier molecular flexibility index (Phi) is 3.48. The molecule has 3 heteroatoms. The SMILES string of the molecule is CC(C)Oc1ccccc1-c1cc(=O)c2ccccc2o1. The van der Waals surface area contributed by atoms with Crippen LogP contribution in [0.15, 0.2) is 63.8 Å². The minimum atomic E-state index is -0.0498. The van der Waals surface area contributed by atoms with Crippen molar-refractivity contribution in [1.82, 2.24) is 0 Å². The fourth-order valence-electron chi connectivity index (χ4n) is 2.26. The van der Waals surface area contributed by atoms with E-state index in [0.717, 1.165) is 5.56 Å². The molecule has 3 nitrogen and oxygen atoms in total. The highest BCUT2D eigenvalue weighted by Gasteiger charge is 2.12. The van der Waals surface area contributed by atoms with Crippen molar-refractivity contribution in [3.05, 3.63) is 64.8 Å². The van der Waals surface area contributed by atoms with Gasteiger partial charge < -0.3 is 9.15 Å². The highest BCUT2D eigenvalue weighted by Crippen LogP contribution is 2.31. The molecule has 0 radical (unpaired) electrons. The van der Waals surface area contributed by atoms with Crippen molar-refractivity contribution >= 4 is 11.0 Å². The maximum absolute atomic E-state index is 12.2. The lowest BCUT2D eigenvalue weighted by Gasteiger charge is -2.13. The lowest BCUT2D eigenvalue weighted by atomic mass is 10.1. The van der Waals surface area contributed by atoms with E-state index < -0.39 is 0 Å². The second-order valence-corrected chi connectivity index (χ2v) is 5.13. The van der Waals surface area contributed by atoms with Gasteiger partial charge in [0.05, 0.1) is 17.1 Å². The van der Waals surface area contributed by atoms with Gasteiger partial charge in [0.2, 0.25) is 0 Å². The molecule has 0 unspecified atom stereocenters. The van der Waals surface area contributed by atoms with Crippen LogP contribution in [0.2, 0.25) is 0 Å². The summed E-state index contributed by atoms with van der Waals surface area (Å²) in [5.74, 6) is 1.24. The van der Waals surface area contributed by atoms with Crippen LogP contribution in [0.4, 0.5) is 0 Å². The number of fused-ring (bicyclic) bond motifs is 1. The van der Waals surface area contributed by atoms with Crippen LogP contribution in [0.3, 0.4) is 0 Å². The van der Waals surface area contributed by atoms with E-state index in [1.807, 2.05) is 50.2 Å². The Morgan fingerprint density at radius 2 is 1.71 bits per heavy atom. The summed E-state index contributed by atoms with van der Waals surface area (Å²) in [6, 6.07) is 16.3. The van der Waals surface area contributed by atoms with Gasteiger partial charge in [-0.3, -0.25) is 4.79 Å². The second kappa shape index (κ2) is 5.44. The molecule has 0 saturated carbocycles.